The van der Waals surface area contributed by atoms with Gasteiger partial charge in [-0.15, -0.1) is 0 Å². The van der Waals surface area contributed by atoms with E-state index in [1.54, 1.807) is 37.6 Å². The molecule has 2 fully saturated rings. The molecule has 2 atom stereocenters. The van der Waals surface area contributed by atoms with E-state index >= 15 is 0 Å². The molecule has 2 amide bonds. The maximum Gasteiger partial charge on any atom is 0.415 e. The average Bonchev–Trinajstić information content (AvgIpc) is 3.57. The lowest BCUT2D eigenvalue weighted by Crippen LogP contribution is -2.40. The molecule has 0 spiro atoms. The number of pyridine rings is 2. The Labute approximate surface area is 213 Å². The number of nitrogens with one attached hydrogen (secondary N) is 1. The largest absolute Gasteiger partial charge is 0.486 e. The monoisotopic (exact) mass is 505 g/mol. The lowest BCUT2D eigenvalue weighted by atomic mass is 10.1. The minimum absolute atomic E-state index is 0.137. The van der Waals surface area contributed by atoms with Crippen molar-refractivity contribution in [3.8, 4) is 17.4 Å². The number of aromatic nitrogens is 2. The third-order valence-electron chi connectivity index (χ3n) is 6.88. The molecule has 192 valence electrons. The molecule has 6 rings (SSSR count). The molecule has 0 unspecified atom stereocenters. The molecule has 37 heavy (non-hydrogen) atoms. The first-order valence-corrected chi connectivity index (χ1v) is 12.3. The van der Waals surface area contributed by atoms with E-state index in [-0.39, 0.29) is 18.4 Å². The first-order valence-electron chi connectivity index (χ1n) is 12.3. The van der Waals surface area contributed by atoms with Crippen molar-refractivity contribution in [1.29, 1.82) is 0 Å². The van der Waals surface area contributed by atoms with Crippen molar-refractivity contribution in [3.63, 3.8) is 0 Å². The van der Waals surface area contributed by atoms with Crippen molar-refractivity contribution in [2.75, 3.05) is 56.3 Å². The van der Waals surface area contributed by atoms with Crippen LogP contribution in [-0.2, 0) is 9.53 Å². The second kappa shape index (κ2) is 9.64. The Morgan fingerprint density at radius 2 is 2.00 bits per heavy atom. The van der Waals surface area contributed by atoms with Crippen LogP contribution in [0.5, 0.6) is 17.4 Å². The van der Waals surface area contributed by atoms with E-state index in [0.717, 1.165) is 36.2 Å². The SMILES string of the molecule is COc1ccc2nccc(N3CC[C@H](CNC(=O)[C@@H]4CN(c5ccc6c(c5)OCCO6)C(=O)O4)C3)c2n1. The van der Waals surface area contributed by atoms with Crippen molar-refractivity contribution in [1.82, 2.24) is 15.3 Å². The second-order valence-corrected chi connectivity index (χ2v) is 9.21. The molecule has 11 heteroatoms. The van der Waals surface area contributed by atoms with Crippen LogP contribution in [0, 0.1) is 5.92 Å². The molecule has 1 N–H and O–H groups in total. The molecule has 2 aromatic heterocycles. The van der Waals surface area contributed by atoms with E-state index in [9.17, 15) is 9.59 Å². The number of carbonyl (C=O) groups is 2. The summed E-state index contributed by atoms with van der Waals surface area (Å²) >= 11 is 0. The molecule has 5 heterocycles. The molecule has 3 aliphatic rings. The highest BCUT2D eigenvalue weighted by Gasteiger charge is 2.38. The first kappa shape index (κ1) is 23.1. The van der Waals surface area contributed by atoms with Crippen LogP contribution in [0.25, 0.3) is 11.0 Å². The molecule has 11 nitrogen and oxygen atoms in total. The van der Waals surface area contributed by atoms with E-state index < -0.39 is 12.2 Å². The summed E-state index contributed by atoms with van der Waals surface area (Å²) in [6, 6.07) is 10.9. The number of rotatable bonds is 6. The summed E-state index contributed by atoms with van der Waals surface area (Å²) in [5, 5.41) is 2.97. The van der Waals surface area contributed by atoms with Gasteiger partial charge in [0, 0.05) is 38.0 Å². The smallest absolute Gasteiger partial charge is 0.415 e. The molecule has 3 aromatic rings. The molecule has 0 bridgehead atoms. The van der Waals surface area contributed by atoms with Crippen molar-refractivity contribution < 1.29 is 28.5 Å². The van der Waals surface area contributed by atoms with Crippen molar-refractivity contribution in [3.05, 3.63) is 42.6 Å². The zero-order chi connectivity index (χ0) is 25.4. The highest BCUT2D eigenvalue weighted by molar-refractivity contribution is 5.96. The van der Waals surface area contributed by atoms with Gasteiger partial charge in [-0.1, -0.05) is 0 Å². The fraction of sp³-hybridized carbons (Fsp3) is 0.385. The van der Waals surface area contributed by atoms with Gasteiger partial charge in [-0.25, -0.2) is 9.78 Å². The highest BCUT2D eigenvalue weighted by Crippen LogP contribution is 2.35. The predicted molar refractivity (Wildman–Crippen MR) is 134 cm³/mol. The van der Waals surface area contributed by atoms with E-state index in [4.69, 9.17) is 18.9 Å². The Balaban J connectivity index is 1.06. The number of hydrogen-bond donors (Lipinski definition) is 1. The second-order valence-electron chi connectivity index (χ2n) is 9.21. The minimum atomic E-state index is -0.876. The van der Waals surface area contributed by atoms with Gasteiger partial charge >= 0.3 is 6.09 Å². The van der Waals surface area contributed by atoms with Crippen molar-refractivity contribution >= 4 is 34.4 Å². The minimum Gasteiger partial charge on any atom is -0.486 e. The Bertz CT molecular complexity index is 1350. The molecular formula is C26H27N5O6. The predicted octanol–water partition coefficient (Wildman–Crippen LogP) is 2.38. The zero-order valence-corrected chi connectivity index (χ0v) is 20.4. The summed E-state index contributed by atoms with van der Waals surface area (Å²) in [4.78, 5) is 38.0. The van der Waals surface area contributed by atoms with Gasteiger partial charge in [0.25, 0.3) is 5.91 Å². The lowest BCUT2D eigenvalue weighted by molar-refractivity contribution is -0.127. The molecule has 0 aliphatic carbocycles. The van der Waals surface area contributed by atoms with E-state index in [2.05, 4.69) is 20.2 Å². The van der Waals surface area contributed by atoms with Crippen LogP contribution in [0.1, 0.15) is 6.42 Å². The van der Waals surface area contributed by atoms with E-state index in [0.29, 0.717) is 42.8 Å². The van der Waals surface area contributed by atoms with Crippen LogP contribution in [0.15, 0.2) is 42.6 Å². The van der Waals surface area contributed by atoms with Crippen LogP contribution in [-0.4, -0.2) is 74.6 Å². The number of anilines is 2. The normalized spacial score (nSPS) is 20.7. The van der Waals surface area contributed by atoms with Gasteiger partial charge in [0.15, 0.2) is 17.6 Å². The zero-order valence-electron chi connectivity index (χ0n) is 20.4. The van der Waals surface area contributed by atoms with Crippen molar-refractivity contribution in [2.24, 2.45) is 5.92 Å². The maximum atomic E-state index is 12.8. The standard InChI is InChI=1S/C26H27N5O6/c1-34-23-5-3-18-24(29-23)19(6-8-27-18)30-9-7-16(14-30)13-28-25(32)22-15-31(26(33)37-22)17-2-4-20-21(12-17)36-11-10-35-20/h2-6,8,12,16,22H,7,9-11,13-15H2,1H3,(H,28,32)/t16-,22+/m1/s1. The fourth-order valence-electron chi connectivity index (χ4n) is 4.95. The van der Waals surface area contributed by atoms with E-state index in [1.807, 2.05) is 12.1 Å². The first-order chi connectivity index (χ1) is 18.1. The summed E-state index contributed by atoms with van der Waals surface area (Å²) in [6.07, 6.45) is 1.26. The summed E-state index contributed by atoms with van der Waals surface area (Å²) in [7, 11) is 1.59. The number of ether oxygens (including phenoxy) is 4. The average molecular weight is 506 g/mol. The van der Waals surface area contributed by atoms with Gasteiger partial charge in [0.05, 0.1) is 30.5 Å². The third-order valence-corrected chi connectivity index (χ3v) is 6.88. The Kier molecular flexibility index (Phi) is 6.03. The molecule has 0 saturated carbocycles. The summed E-state index contributed by atoms with van der Waals surface area (Å²) in [6.45, 7) is 3.18. The van der Waals surface area contributed by atoms with Crippen LogP contribution < -0.4 is 29.3 Å². The number of hydrogen-bond acceptors (Lipinski definition) is 9. The highest BCUT2D eigenvalue weighted by atomic mass is 16.6. The maximum absolute atomic E-state index is 12.8. The Morgan fingerprint density at radius 3 is 2.86 bits per heavy atom. The number of carbonyl (C=O) groups excluding carboxylic acids is 2. The molecular weight excluding hydrogens is 478 g/mol. The molecule has 0 radical (unpaired) electrons. The van der Waals surface area contributed by atoms with Gasteiger partial charge < -0.3 is 29.2 Å². The Morgan fingerprint density at radius 1 is 1.14 bits per heavy atom. The summed E-state index contributed by atoms with van der Waals surface area (Å²) in [5.74, 6) is 1.71. The number of methoxy groups -OCH3 is 1. The quantitative estimate of drug-likeness (QED) is 0.539. The number of fused-ring (bicyclic) bond motifs is 2. The molecule has 2 saturated heterocycles. The third kappa shape index (κ3) is 4.52. The number of benzene rings is 1. The van der Waals surface area contributed by atoms with Crippen molar-refractivity contribution in [2.45, 2.75) is 12.5 Å². The molecule has 3 aliphatic heterocycles. The van der Waals surface area contributed by atoms with Crippen LogP contribution in [0.3, 0.4) is 0 Å². The number of cyclic esters (lactones) is 1. The fourth-order valence-corrected chi connectivity index (χ4v) is 4.95. The van der Waals surface area contributed by atoms with Gasteiger partial charge in [0.2, 0.25) is 5.88 Å². The number of nitrogens with zero attached hydrogens (tertiary/aromatic N) is 4. The van der Waals surface area contributed by atoms with Gasteiger partial charge in [-0.05, 0) is 36.6 Å². The van der Waals surface area contributed by atoms with Gasteiger partial charge in [0.1, 0.15) is 18.7 Å². The topological polar surface area (TPSA) is 115 Å². The van der Waals surface area contributed by atoms with Gasteiger partial charge in [-0.3, -0.25) is 14.7 Å². The van der Waals surface area contributed by atoms with Crippen LogP contribution in [0.2, 0.25) is 0 Å². The molecule has 1 aromatic carbocycles. The number of amides is 2. The van der Waals surface area contributed by atoms with E-state index in [1.165, 1.54) is 4.90 Å². The van der Waals surface area contributed by atoms with Crippen LogP contribution in [0.4, 0.5) is 16.2 Å². The van der Waals surface area contributed by atoms with Crippen LogP contribution >= 0.6 is 0 Å². The summed E-state index contributed by atoms with van der Waals surface area (Å²) in [5.41, 5.74) is 3.20. The lowest BCUT2D eigenvalue weighted by Gasteiger charge is -2.21. The van der Waals surface area contributed by atoms with Gasteiger partial charge in [-0.2, -0.15) is 0 Å². The Hall–Kier alpha value is -4.28. The summed E-state index contributed by atoms with van der Waals surface area (Å²) < 4.78 is 21.8.